The van der Waals surface area contributed by atoms with Crippen LogP contribution in [0.2, 0.25) is 0 Å². The number of rotatable bonds is 0. The molecule has 2 N–H and O–H groups in total. The van der Waals surface area contributed by atoms with E-state index in [9.17, 15) is 4.79 Å². The molecule has 1 heterocycles. The van der Waals surface area contributed by atoms with Gasteiger partial charge in [0.25, 0.3) is 0 Å². The second-order valence-electron chi connectivity index (χ2n) is 4.17. The maximum Gasteiger partial charge on any atom is 0.420 e. The third-order valence-corrected chi connectivity index (χ3v) is 1.59. The van der Waals surface area contributed by atoms with Crippen molar-refractivity contribution in [2.24, 2.45) is 5.73 Å². The fourth-order valence-corrected chi connectivity index (χ4v) is 0.998. The molecule has 82 valence electrons. The van der Waals surface area contributed by atoms with Crippen molar-refractivity contribution in [2.75, 3.05) is 0 Å². The summed E-state index contributed by atoms with van der Waals surface area (Å²) in [6.07, 6.45) is 8.01. The van der Waals surface area contributed by atoms with Gasteiger partial charge in [0, 0.05) is 6.20 Å². The number of carbonyl (C=O) groups excluding carboxylic acids is 1. The van der Waals surface area contributed by atoms with E-state index in [1.165, 1.54) is 4.90 Å². The number of nitrogens with two attached hydrogens (primary N) is 1. The molecule has 0 aliphatic carbocycles. The van der Waals surface area contributed by atoms with Gasteiger partial charge in [0.05, 0.1) is 0 Å². The Morgan fingerprint density at radius 3 is 2.60 bits per heavy atom. The van der Waals surface area contributed by atoms with Crippen molar-refractivity contribution in [2.45, 2.75) is 26.4 Å². The van der Waals surface area contributed by atoms with E-state index in [-0.39, 0.29) is 0 Å². The van der Waals surface area contributed by atoms with E-state index in [0.717, 1.165) is 0 Å². The Kier molecular flexibility index (Phi) is 3.19. The third kappa shape index (κ3) is 3.50. The molecule has 15 heavy (non-hydrogen) atoms. The second kappa shape index (κ2) is 4.21. The number of carbonyl (C=O) groups is 1. The molecule has 0 fully saturated rings. The number of nitrogens with zero attached hydrogens (tertiary/aromatic N) is 1. The van der Waals surface area contributed by atoms with Crippen LogP contribution in [-0.4, -0.2) is 16.6 Å². The molecule has 4 nitrogen and oxygen atoms in total. The van der Waals surface area contributed by atoms with Gasteiger partial charge in [-0.3, -0.25) is 0 Å². The van der Waals surface area contributed by atoms with Gasteiger partial charge in [0.2, 0.25) is 0 Å². The van der Waals surface area contributed by atoms with E-state index in [0.29, 0.717) is 5.82 Å². The lowest BCUT2D eigenvalue weighted by Crippen LogP contribution is -2.35. The van der Waals surface area contributed by atoms with Crippen molar-refractivity contribution in [3.8, 4) is 0 Å². The molecular formula is C11H16N2O2. The average molecular weight is 208 g/mol. The van der Waals surface area contributed by atoms with Crippen molar-refractivity contribution >= 4 is 6.09 Å². The third-order valence-electron chi connectivity index (χ3n) is 1.59. The van der Waals surface area contributed by atoms with Crippen LogP contribution >= 0.6 is 0 Å². The molecule has 0 bridgehead atoms. The van der Waals surface area contributed by atoms with E-state index in [1.807, 2.05) is 20.8 Å². The first-order chi connectivity index (χ1) is 6.90. The zero-order valence-electron chi connectivity index (χ0n) is 9.23. The Bertz CT molecular complexity index is 335. The first-order valence-corrected chi connectivity index (χ1v) is 4.73. The number of amides is 1. The van der Waals surface area contributed by atoms with Gasteiger partial charge in [-0.25, -0.2) is 9.69 Å². The van der Waals surface area contributed by atoms with Gasteiger partial charge >= 0.3 is 6.09 Å². The van der Waals surface area contributed by atoms with Gasteiger partial charge < -0.3 is 10.5 Å². The minimum absolute atomic E-state index is 0.342. The highest BCUT2D eigenvalue weighted by molar-refractivity contribution is 5.72. The van der Waals surface area contributed by atoms with E-state index < -0.39 is 11.7 Å². The monoisotopic (exact) mass is 208 g/mol. The zero-order chi connectivity index (χ0) is 11.5. The standard InChI is InChI=1S/C11H16N2O2/c1-11(2,3)15-10(14)13-8-6-4-5-7-9(13)12/h4-8H,12H2,1-3H3. The summed E-state index contributed by atoms with van der Waals surface area (Å²) in [5.41, 5.74) is 5.16. The summed E-state index contributed by atoms with van der Waals surface area (Å²) >= 11 is 0. The smallest absolute Gasteiger partial charge is 0.420 e. The SMILES string of the molecule is CC(C)(C)OC(=O)N1C=CC=CC=C1N. The highest BCUT2D eigenvalue weighted by atomic mass is 16.6. The molecule has 0 aromatic rings. The summed E-state index contributed by atoms with van der Waals surface area (Å²) < 4.78 is 5.19. The van der Waals surface area contributed by atoms with Crippen LogP contribution in [0.25, 0.3) is 0 Å². The number of ether oxygens (including phenoxy) is 1. The van der Waals surface area contributed by atoms with Gasteiger partial charge in [-0.15, -0.1) is 0 Å². The molecular weight excluding hydrogens is 192 g/mol. The van der Waals surface area contributed by atoms with Crippen LogP contribution in [-0.2, 0) is 4.74 Å². The molecule has 0 spiro atoms. The fraction of sp³-hybridized carbons (Fsp3) is 0.364. The molecule has 0 saturated carbocycles. The summed E-state index contributed by atoms with van der Waals surface area (Å²) in [6, 6.07) is 0. The van der Waals surface area contributed by atoms with Crippen molar-refractivity contribution < 1.29 is 9.53 Å². The fourth-order valence-electron chi connectivity index (χ4n) is 0.998. The van der Waals surface area contributed by atoms with E-state index in [2.05, 4.69) is 0 Å². The van der Waals surface area contributed by atoms with Crippen LogP contribution in [0.4, 0.5) is 4.79 Å². The van der Waals surface area contributed by atoms with E-state index in [4.69, 9.17) is 10.5 Å². The topological polar surface area (TPSA) is 55.6 Å². The Morgan fingerprint density at radius 2 is 2.00 bits per heavy atom. The molecule has 4 heteroatoms. The van der Waals surface area contributed by atoms with Crippen molar-refractivity contribution in [3.05, 3.63) is 36.3 Å². The summed E-state index contributed by atoms with van der Waals surface area (Å²) in [5, 5.41) is 0. The lowest BCUT2D eigenvalue weighted by atomic mass is 10.2. The Balaban J connectivity index is 2.76. The lowest BCUT2D eigenvalue weighted by Gasteiger charge is -2.24. The molecule has 0 atom stereocenters. The van der Waals surface area contributed by atoms with Crippen LogP contribution in [0.15, 0.2) is 36.3 Å². The van der Waals surface area contributed by atoms with Crippen molar-refractivity contribution in [1.82, 2.24) is 4.90 Å². The van der Waals surface area contributed by atoms with E-state index in [1.54, 1.807) is 30.5 Å². The normalized spacial score (nSPS) is 15.9. The maximum atomic E-state index is 11.7. The molecule has 0 aromatic heterocycles. The van der Waals surface area contributed by atoms with E-state index >= 15 is 0 Å². The second-order valence-corrected chi connectivity index (χ2v) is 4.17. The summed E-state index contributed by atoms with van der Waals surface area (Å²) in [6.45, 7) is 5.43. The quantitative estimate of drug-likeness (QED) is 0.663. The molecule has 0 radical (unpaired) electrons. The van der Waals surface area contributed by atoms with Gasteiger partial charge in [-0.05, 0) is 32.9 Å². The summed E-state index contributed by atoms with van der Waals surface area (Å²) in [4.78, 5) is 12.9. The molecule has 1 aliphatic rings. The van der Waals surface area contributed by atoms with Gasteiger partial charge in [-0.1, -0.05) is 12.2 Å². The largest absolute Gasteiger partial charge is 0.443 e. The molecule has 0 saturated heterocycles. The summed E-state index contributed by atoms with van der Waals surface area (Å²) in [5.74, 6) is 0.342. The number of allylic oxidation sites excluding steroid dienone is 4. The number of hydrogen-bond donors (Lipinski definition) is 1. The lowest BCUT2D eigenvalue weighted by molar-refractivity contribution is 0.0382. The minimum atomic E-state index is -0.523. The number of hydrogen-bond acceptors (Lipinski definition) is 3. The molecule has 0 unspecified atom stereocenters. The predicted molar refractivity (Wildman–Crippen MR) is 58.6 cm³/mol. The van der Waals surface area contributed by atoms with Crippen LogP contribution in [0.1, 0.15) is 20.8 Å². The Hall–Kier alpha value is -1.71. The Labute approximate surface area is 89.7 Å². The maximum absolute atomic E-state index is 11.7. The van der Waals surface area contributed by atoms with Gasteiger partial charge in [0.1, 0.15) is 11.4 Å². The van der Waals surface area contributed by atoms with Crippen LogP contribution in [0, 0.1) is 0 Å². The Morgan fingerprint density at radius 1 is 1.33 bits per heavy atom. The molecule has 1 rings (SSSR count). The van der Waals surface area contributed by atoms with Gasteiger partial charge in [0.15, 0.2) is 0 Å². The van der Waals surface area contributed by atoms with Crippen LogP contribution < -0.4 is 5.73 Å². The first-order valence-electron chi connectivity index (χ1n) is 4.73. The molecule has 1 aliphatic heterocycles. The van der Waals surface area contributed by atoms with Crippen molar-refractivity contribution in [3.63, 3.8) is 0 Å². The zero-order valence-corrected chi connectivity index (χ0v) is 9.23. The minimum Gasteiger partial charge on any atom is -0.443 e. The van der Waals surface area contributed by atoms with Crippen molar-refractivity contribution in [1.29, 1.82) is 0 Å². The van der Waals surface area contributed by atoms with Crippen LogP contribution in [0.3, 0.4) is 0 Å². The molecule has 0 aromatic carbocycles. The first kappa shape index (κ1) is 11.4. The predicted octanol–water partition coefficient (Wildman–Crippen LogP) is 2.11. The average Bonchev–Trinajstić information content (AvgIpc) is 2.26. The van der Waals surface area contributed by atoms with Gasteiger partial charge in [-0.2, -0.15) is 0 Å². The molecule has 1 amide bonds. The highest BCUT2D eigenvalue weighted by Crippen LogP contribution is 2.13. The highest BCUT2D eigenvalue weighted by Gasteiger charge is 2.22. The van der Waals surface area contributed by atoms with Crippen LogP contribution in [0.5, 0.6) is 0 Å². The summed E-state index contributed by atoms with van der Waals surface area (Å²) in [7, 11) is 0.